The van der Waals surface area contributed by atoms with Crippen molar-refractivity contribution < 1.29 is 0 Å². The Hall–Kier alpha value is -1.39. The van der Waals surface area contributed by atoms with Crippen LogP contribution in [-0.4, -0.2) is 16.5 Å². The Morgan fingerprint density at radius 2 is 1.80 bits per heavy atom. The lowest BCUT2D eigenvalue weighted by molar-refractivity contribution is 0.552. The number of thioether (sulfide) groups is 1. The lowest BCUT2D eigenvalue weighted by Crippen LogP contribution is -2.18. The average Bonchev–Trinajstić information content (AvgIpc) is 2.47. The van der Waals surface area contributed by atoms with Crippen molar-refractivity contribution in [1.29, 1.82) is 0 Å². The molecular weight excluding hydrogens is 266 g/mol. The third-order valence-corrected chi connectivity index (χ3v) is 3.80. The normalized spacial score (nSPS) is 10.9. The van der Waals surface area contributed by atoms with Crippen LogP contribution in [0.5, 0.6) is 0 Å². The third-order valence-electron chi connectivity index (χ3n) is 2.79. The fraction of sp³-hybridized carbons (Fsp3) is 0.375. The highest BCUT2D eigenvalue weighted by atomic mass is 32.2. The number of hydrogen-bond donors (Lipinski definition) is 1. The van der Waals surface area contributed by atoms with Gasteiger partial charge in [0.15, 0.2) is 0 Å². The highest BCUT2D eigenvalue weighted by molar-refractivity contribution is 7.98. The summed E-state index contributed by atoms with van der Waals surface area (Å²) in [5.74, 6) is 2.38. The molecule has 0 fully saturated rings. The lowest BCUT2D eigenvalue weighted by Gasteiger charge is -2.08. The number of nitrogens with one attached hydrogen (secondary N) is 1. The number of nitrogens with zero attached hydrogens (tertiary/aromatic N) is 2. The molecule has 0 aliphatic rings. The molecule has 2 aromatic rings. The minimum Gasteiger partial charge on any atom is -0.312 e. The van der Waals surface area contributed by atoms with Crippen LogP contribution in [0.3, 0.4) is 0 Å². The fourth-order valence-electron chi connectivity index (χ4n) is 1.76. The summed E-state index contributed by atoms with van der Waals surface area (Å²) in [7, 11) is 0. The summed E-state index contributed by atoms with van der Waals surface area (Å²) in [4.78, 5) is 9.71. The van der Waals surface area contributed by atoms with Gasteiger partial charge in [-0.1, -0.05) is 26.0 Å². The van der Waals surface area contributed by atoms with Gasteiger partial charge < -0.3 is 5.32 Å². The molecule has 0 saturated heterocycles. The molecule has 0 saturated carbocycles. The average molecular weight is 287 g/mol. The monoisotopic (exact) mass is 287 g/mol. The second kappa shape index (κ2) is 8.02. The van der Waals surface area contributed by atoms with Crippen molar-refractivity contribution in [2.24, 2.45) is 5.92 Å². The number of benzene rings is 1. The number of rotatable bonds is 7. The van der Waals surface area contributed by atoms with Crippen LogP contribution in [0, 0.1) is 5.92 Å². The summed E-state index contributed by atoms with van der Waals surface area (Å²) >= 11 is 1.77. The molecule has 0 aliphatic carbocycles. The zero-order valence-corrected chi connectivity index (χ0v) is 12.9. The highest BCUT2D eigenvalue weighted by Crippen LogP contribution is 2.21. The number of aromatic nitrogens is 2. The molecule has 1 N–H and O–H groups in total. The number of hydrogen-bond acceptors (Lipinski definition) is 4. The quantitative estimate of drug-likeness (QED) is 0.791. The van der Waals surface area contributed by atoms with Gasteiger partial charge in [-0.15, -0.1) is 11.8 Å². The highest BCUT2D eigenvalue weighted by Gasteiger charge is 1.99. The molecule has 1 aromatic heterocycles. The molecule has 2 rings (SSSR count). The van der Waals surface area contributed by atoms with Gasteiger partial charge in [0.25, 0.3) is 0 Å². The molecule has 106 valence electrons. The Kier molecular flexibility index (Phi) is 6.02. The minimum atomic E-state index is 0.690. The van der Waals surface area contributed by atoms with Crippen LogP contribution in [0.15, 0.2) is 47.6 Å². The van der Waals surface area contributed by atoms with Gasteiger partial charge in [0.2, 0.25) is 0 Å². The van der Waals surface area contributed by atoms with Crippen LogP contribution in [0.1, 0.15) is 25.2 Å². The second-order valence-electron chi connectivity index (χ2n) is 5.12. The first kappa shape index (κ1) is 15.0. The Morgan fingerprint density at radius 1 is 1.10 bits per heavy atom. The molecule has 1 heterocycles. The van der Waals surface area contributed by atoms with E-state index in [0.717, 1.165) is 24.7 Å². The second-order valence-corrected chi connectivity index (χ2v) is 6.17. The first-order valence-electron chi connectivity index (χ1n) is 6.92. The van der Waals surface area contributed by atoms with E-state index in [1.165, 1.54) is 10.5 Å². The van der Waals surface area contributed by atoms with Crippen LogP contribution in [0.2, 0.25) is 0 Å². The van der Waals surface area contributed by atoms with E-state index in [4.69, 9.17) is 0 Å². The Balaban J connectivity index is 1.79. The molecule has 4 heteroatoms. The van der Waals surface area contributed by atoms with Crippen molar-refractivity contribution in [2.45, 2.75) is 31.0 Å². The summed E-state index contributed by atoms with van der Waals surface area (Å²) in [5.41, 5.74) is 1.32. The third kappa shape index (κ3) is 5.31. The summed E-state index contributed by atoms with van der Waals surface area (Å²) in [6.07, 6.45) is 3.57. The van der Waals surface area contributed by atoms with Gasteiger partial charge in [-0.25, -0.2) is 9.97 Å². The zero-order chi connectivity index (χ0) is 14.2. The van der Waals surface area contributed by atoms with Crippen molar-refractivity contribution >= 4 is 11.8 Å². The Labute approximate surface area is 125 Å². The van der Waals surface area contributed by atoms with E-state index in [0.29, 0.717) is 5.92 Å². The summed E-state index contributed by atoms with van der Waals surface area (Å²) < 4.78 is 0. The Bertz CT molecular complexity index is 497. The smallest absolute Gasteiger partial charge is 0.138 e. The van der Waals surface area contributed by atoms with Gasteiger partial charge in [-0.3, -0.25) is 0 Å². The van der Waals surface area contributed by atoms with Gasteiger partial charge in [-0.2, -0.15) is 0 Å². The van der Waals surface area contributed by atoms with Gasteiger partial charge in [0.1, 0.15) is 5.82 Å². The molecule has 0 atom stereocenters. The van der Waals surface area contributed by atoms with E-state index in [9.17, 15) is 0 Å². The maximum Gasteiger partial charge on any atom is 0.138 e. The van der Waals surface area contributed by atoms with Crippen molar-refractivity contribution in [2.75, 3.05) is 6.54 Å². The van der Waals surface area contributed by atoms with Gasteiger partial charge in [0, 0.05) is 23.8 Å². The van der Waals surface area contributed by atoms with E-state index < -0.39 is 0 Å². The van der Waals surface area contributed by atoms with Gasteiger partial charge in [-0.05, 0) is 36.2 Å². The van der Waals surface area contributed by atoms with Crippen LogP contribution >= 0.6 is 11.8 Å². The van der Waals surface area contributed by atoms with E-state index in [1.54, 1.807) is 24.2 Å². The minimum absolute atomic E-state index is 0.690. The first-order chi connectivity index (χ1) is 9.74. The van der Waals surface area contributed by atoms with Crippen LogP contribution in [0.4, 0.5) is 0 Å². The maximum absolute atomic E-state index is 4.23. The standard InChI is InChI=1S/C16H21N3S/c1-13(2)10-17-11-14-4-6-15(7-5-14)20-12-16-18-8-3-9-19-16/h3-9,13,17H,10-12H2,1-2H3. The van der Waals surface area contributed by atoms with Gasteiger partial charge in [0.05, 0.1) is 5.75 Å². The van der Waals surface area contributed by atoms with Crippen LogP contribution in [0.25, 0.3) is 0 Å². The topological polar surface area (TPSA) is 37.8 Å². The van der Waals surface area contributed by atoms with Crippen molar-refractivity contribution in [3.05, 3.63) is 54.1 Å². The summed E-state index contributed by atoms with van der Waals surface area (Å²) in [5, 5.41) is 3.45. The van der Waals surface area contributed by atoms with Gasteiger partial charge >= 0.3 is 0 Å². The summed E-state index contributed by atoms with van der Waals surface area (Å²) in [6, 6.07) is 10.5. The van der Waals surface area contributed by atoms with Crippen molar-refractivity contribution in [1.82, 2.24) is 15.3 Å². The molecule has 0 bridgehead atoms. The molecule has 0 aliphatic heterocycles. The van der Waals surface area contributed by atoms with E-state index in [1.807, 2.05) is 6.07 Å². The lowest BCUT2D eigenvalue weighted by atomic mass is 10.2. The molecule has 0 unspecified atom stereocenters. The molecule has 20 heavy (non-hydrogen) atoms. The summed E-state index contributed by atoms with van der Waals surface area (Å²) in [6.45, 7) is 6.43. The zero-order valence-electron chi connectivity index (χ0n) is 12.0. The van der Waals surface area contributed by atoms with Crippen LogP contribution < -0.4 is 5.32 Å². The predicted molar refractivity (Wildman–Crippen MR) is 84.6 cm³/mol. The molecule has 0 spiro atoms. The van der Waals surface area contributed by atoms with E-state index >= 15 is 0 Å². The van der Waals surface area contributed by atoms with Crippen molar-refractivity contribution in [3.63, 3.8) is 0 Å². The molecule has 0 amide bonds. The fourth-order valence-corrected chi connectivity index (χ4v) is 2.53. The van der Waals surface area contributed by atoms with E-state index in [-0.39, 0.29) is 0 Å². The maximum atomic E-state index is 4.23. The van der Waals surface area contributed by atoms with Crippen LogP contribution in [-0.2, 0) is 12.3 Å². The molecule has 3 nitrogen and oxygen atoms in total. The first-order valence-corrected chi connectivity index (χ1v) is 7.91. The Morgan fingerprint density at radius 3 is 2.45 bits per heavy atom. The SMILES string of the molecule is CC(C)CNCc1ccc(SCc2ncccn2)cc1. The molecular formula is C16H21N3S. The van der Waals surface area contributed by atoms with Crippen molar-refractivity contribution in [3.8, 4) is 0 Å². The van der Waals surface area contributed by atoms with E-state index in [2.05, 4.69) is 53.4 Å². The molecule has 0 radical (unpaired) electrons. The predicted octanol–water partition coefficient (Wildman–Crippen LogP) is 3.51. The largest absolute Gasteiger partial charge is 0.312 e. The molecule has 1 aromatic carbocycles.